The van der Waals surface area contributed by atoms with Crippen LogP contribution in [0.3, 0.4) is 0 Å². The van der Waals surface area contributed by atoms with Crippen LogP contribution < -0.4 is 4.74 Å². The summed E-state index contributed by atoms with van der Waals surface area (Å²) in [5, 5.41) is 0. The summed E-state index contributed by atoms with van der Waals surface area (Å²) >= 11 is 0. The Morgan fingerprint density at radius 1 is 1.12 bits per heavy atom. The van der Waals surface area contributed by atoms with E-state index in [1.807, 2.05) is 36.4 Å². The van der Waals surface area contributed by atoms with Crippen molar-refractivity contribution in [1.82, 2.24) is 4.98 Å². The van der Waals surface area contributed by atoms with Gasteiger partial charge in [0.1, 0.15) is 18.6 Å². The predicted octanol–water partition coefficient (Wildman–Crippen LogP) is 2.40. The van der Waals surface area contributed by atoms with Crippen LogP contribution in [0.4, 0.5) is 0 Å². The first-order valence-electron chi connectivity index (χ1n) is 5.44. The highest BCUT2D eigenvalue weighted by Crippen LogP contribution is 2.11. The molecule has 0 aliphatic carbocycles. The van der Waals surface area contributed by atoms with Crippen molar-refractivity contribution in [3.8, 4) is 5.75 Å². The minimum Gasteiger partial charge on any atom is -0.487 e. The van der Waals surface area contributed by atoms with Crippen molar-refractivity contribution in [2.75, 3.05) is 0 Å². The maximum atomic E-state index is 10.3. The molecule has 0 N–H and O–H groups in total. The molecule has 1 heterocycles. The van der Waals surface area contributed by atoms with Gasteiger partial charge in [0, 0.05) is 12.1 Å². The number of aldehydes is 1. The van der Waals surface area contributed by atoms with Crippen LogP contribution in [-0.4, -0.2) is 11.3 Å². The van der Waals surface area contributed by atoms with E-state index in [-0.39, 0.29) is 0 Å². The lowest BCUT2D eigenvalue weighted by molar-refractivity contribution is -0.107. The van der Waals surface area contributed by atoms with E-state index in [1.165, 1.54) is 0 Å². The molecule has 1 aromatic heterocycles. The summed E-state index contributed by atoms with van der Waals surface area (Å²) in [6, 6.07) is 13.6. The quantitative estimate of drug-likeness (QED) is 0.736. The van der Waals surface area contributed by atoms with Gasteiger partial charge in [-0.25, -0.2) is 0 Å². The first kappa shape index (κ1) is 11.3. The number of hydrogen-bond donors (Lipinski definition) is 0. The Morgan fingerprint density at radius 2 is 1.94 bits per heavy atom. The highest BCUT2D eigenvalue weighted by atomic mass is 16.5. The third-order valence-corrected chi connectivity index (χ3v) is 2.34. The van der Waals surface area contributed by atoms with Crippen LogP contribution in [0.1, 0.15) is 11.3 Å². The highest BCUT2D eigenvalue weighted by molar-refractivity contribution is 5.53. The molecule has 2 aromatic rings. The van der Waals surface area contributed by atoms with Gasteiger partial charge in [0.15, 0.2) is 0 Å². The summed E-state index contributed by atoms with van der Waals surface area (Å²) in [7, 11) is 0. The van der Waals surface area contributed by atoms with Crippen molar-refractivity contribution in [3.05, 3.63) is 59.9 Å². The molecule has 17 heavy (non-hydrogen) atoms. The number of carbonyl (C=O) groups excluding carboxylic acids is 1. The molecule has 0 aliphatic heterocycles. The zero-order chi connectivity index (χ0) is 11.9. The largest absolute Gasteiger partial charge is 0.487 e. The van der Waals surface area contributed by atoms with Gasteiger partial charge in [0.05, 0.1) is 6.20 Å². The molecule has 0 radical (unpaired) electrons. The summed E-state index contributed by atoms with van der Waals surface area (Å²) in [5.41, 5.74) is 1.87. The van der Waals surface area contributed by atoms with Gasteiger partial charge in [-0.05, 0) is 17.7 Å². The number of hydrogen-bond acceptors (Lipinski definition) is 3. The molecule has 0 saturated carbocycles. The average molecular weight is 227 g/mol. The average Bonchev–Trinajstić information content (AvgIpc) is 2.40. The Morgan fingerprint density at radius 3 is 2.59 bits per heavy atom. The number of pyridine rings is 1. The number of ether oxygens (including phenoxy) is 1. The topological polar surface area (TPSA) is 39.2 Å². The van der Waals surface area contributed by atoms with Gasteiger partial charge in [0.25, 0.3) is 0 Å². The standard InChI is InChI=1S/C14H13NO2/c16-9-8-13-6-7-14(10-15-13)17-11-12-4-2-1-3-5-12/h1-7,9-10H,8,11H2. The van der Waals surface area contributed by atoms with Crippen LogP contribution >= 0.6 is 0 Å². The molecule has 3 heteroatoms. The molecule has 0 fully saturated rings. The lowest BCUT2D eigenvalue weighted by atomic mass is 10.2. The predicted molar refractivity (Wildman–Crippen MR) is 64.8 cm³/mol. The molecule has 0 saturated heterocycles. The second kappa shape index (κ2) is 5.80. The summed E-state index contributed by atoms with van der Waals surface area (Å²) in [4.78, 5) is 14.4. The second-order valence-corrected chi connectivity index (χ2v) is 3.63. The van der Waals surface area contributed by atoms with Crippen LogP contribution in [0, 0.1) is 0 Å². The normalized spacial score (nSPS) is 9.88. The van der Waals surface area contributed by atoms with Crippen molar-refractivity contribution in [3.63, 3.8) is 0 Å². The Hall–Kier alpha value is -2.16. The molecule has 3 nitrogen and oxygen atoms in total. The Kier molecular flexibility index (Phi) is 3.86. The first-order chi connectivity index (χ1) is 8.38. The molecular formula is C14H13NO2. The van der Waals surface area contributed by atoms with Crippen LogP contribution in [0.2, 0.25) is 0 Å². The van der Waals surface area contributed by atoms with Crippen molar-refractivity contribution in [2.24, 2.45) is 0 Å². The Labute approximate surface area is 100 Å². The number of carbonyl (C=O) groups is 1. The molecule has 0 atom stereocenters. The maximum absolute atomic E-state index is 10.3. The number of nitrogens with zero attached hydrogens (tertiary/aromatic N) is 1. The minimum absolute atomic E-state index is 0.346. The van der Waals surface area contributed by atoms with Gasteiger partial charge in [-0.1, -0.05) is 30.3 Å². The van der Waals surface area contributed by atoms with E-state index in [2.05, 4.69) is 4.98 Å². The van der Waals surface area contributed by atoms with Gasteiger partial charge in [0.2, 0.25) is 0 Å². The summed E-state index contributed by atoms with van der Waals surface area (Å²) < 4.78 is 5.57. The van der Waals surface area contributed by atoms with Crippen LogP contribution in [-0.2, 0) is 17.8 Å². The Bertz CT molecular complexity index is 465. The van der Waals surface area contributed by atoms with Crippen molar-refractivity contribution >= 4 is 6.29 Å². The van der Waals surface area contributed by atoms with Gasteiger partial charge in [-0.15, -0.1) is 0 Å². The number of benzene rings is 1. The molecular weight excluding hydrogens is 214 g/mol. The first-order valence-corrected chi connectivity index (χ1v) is 5.44. The molecule has 1 aromatic carbocycles. The SMILES string of the molecule is O=CCc1ccc(OCc2ccccc2)cn1. The number of aromatic nitrogens is 1. The molecule has 0 spiro atoms. The third-order valence-electron chi connectivity index (χ3n) is 2.34. The van der Waals surface area contributed by atoms with Crippen molar-refractivity contribution in [2.45, 2.75) is 13.0 Å². The van der Waals surface area contributed by atoms with Gasteiger partial charge < -0.3 is 9.53 Å². The smallest absolute Gasteiger partial charge is 0.138 e. The fourth-order valence-corrected chi connectivity index (χ4v) is 1.44. The summed E-state index contributed by atoms with van der Waals surface area (Å²) in [6.07, 6.45) is 2.83. The van der Waals surface area contributed by atoms with Gasteiger partial charge in [-0.3, -0.25) is 4.98 Å². The van der Waals surface area contributed by atoms with Gasteiger partial charge in [-0.2, -0.15) is 0 Å². The Balaban J connectivity index is 1.93. The number of rotatable bonds is 5. The molecule has 0 bridgehead atoms. The van der Waals surface area contributed by atoms with E-state index in [0.717, 1.165) is 17.5 Å². The van der Waals surface area contributed by atoms with E-state index in [4.69, 9.17) is 4.74 Å². The van der Waals surface area contributed by atoms with Crippen LogP contribution in [0.5, 0.6) is 5.75 Å². The lowest BCUT2D eigenvalue weighted by Crippen LogP contribution is -1.97. The molecule has 2 rings (SSSR count). The molecule has 0 amide bonds. The third kappa shape index (κ3) is 3.41. The van der Waals surface area contributed by atoms with E-state index < -0.39 is 0 Å². The van der Waals surface area contributed by atoms with E-state index in [0.29, 0.717) is 18.8 Å². The fraction of sp³-hybridized carbons (Fsp3) is 0.143. The lowest BCUT2D eigenvalue weighted by Gasteiger charge is -2.05. The van der Waals surface area contributed by atoms with Crippen molar-refractivity contribution < 1.29 is 9.53 Å². The second-order valence-electron chi connectivity index (χ2n) is 3.63. The molecule has 86 valence electrons. The molecule has 0 unspecified atom stereocenters. The summed E-state index contributed by atoms with van der Waals surface area (Å²) in [6.45, 7) is 0.523. The van der Waals surface area contributed by atoms with Gasteiger partial charge >= 0.3 is 0 Å². The zero-order valence-electron chi connectivity index (χ0n) is 9.37. The minimum atomic E-state index is 0.346. The monoisotopic (exact) mass is 227 g/mol. The molecule has 0 aliphatic rings. The zero-order valence-corrected chi connectivity index (χ0v) is 9.37. The van der Waals surface area contributed by atoms with E-state index in [9.17, 15) is 4.79 Å². The van der Waals surface area contributed by atoms with Crippen molar-refractivity contribution in [1.29, 1.82) is 0 Å². The van der Waals surface area contributed by atoms with E-state index in [1.54, 1.807) is 12.3 Å². The van der Waals surface area contributed by atoms with E-state index >= 15 is 0 Å². The van der Waals surface area contributed by atoms with Crippen LogP contribution in [0.15, 0.2) is 48.7 Å². The summed E-state index contributed by atoms with van der Waals surface area (Å²) in [5.74, 6) is 0.712. The van der Waals surface area contributed by atoms with Crippen LogP contribution in [0.25, 0.3) is 0 Å². The maximum Gasteiger partial charge on any atom is 0.138 e. The highest BCUT2D eigenvalue weighted by Gasteiger charge is 1.97. The fourth-order valence-electron chi connectivity index (χ4n) is 1.44.